The second-order valence-electron chi connectivity index (χ2n) is 2.59. The van der Waals surface area contributed by atoms with Crippen LogP contribution in [0.3, 0.4) is 0 Å². The summed E-state index contributed by atoms with van der Waals surface area (Å²) in [4.78, 5) is 13.2. The molecule has 0 aliphatic rings. The van der Waals surface area contributed by atoms with E-state index >= 15 is 0 Å². The Labute approximate surface area is 95.1 Å². The Morgan fingerprint density at radius 3 is 2.71 bits per heavy atom. The molecular formula is C9H9N3Se2. The van der Waals surface area contributed by atoms with Gasteiger partial charge in [0, 0.05) is 0 Å². The minimum atomic E-state index is 0.353. The number of fused-ring (bicyclic) bond motifs is 1. The molecule has 0 radical (unpaired) electrons. The maximum atomic E-state index is 4.54. The number of rotatable bonds is 2. The Morgan fingerprint density at radius 1 is 1.14 bits per heavy atom. The van der Waals surface area contributed by atoms with Crippen molar-refractivity contribution in [2.24, 2.45) is 0 Å². The number of nitrogens with zero attached hydrogens (tertiary/aromatic N) is 3. The van der Waals surface area contributed by atoms with Crippen LogP contribution in [-0.2, 0) is 0 Å². The fourth-order valence-electron chi connectivity index (χ4n) is 1.16. The molecule has 0 bridgehead atoms. The van der Waals surface area contributed by atoms with E-state index in [0.29, 0.717) is 29.9 Å². The van der Waals surface area contributed by atoms with Crippen LogP contribution >= 0.6 is 0 Å². The van der Waals surface area contributed by atoms with Crippen LogP contribution in [0.25, 0.3) is 11.0 Å². The van der Waals surface area contributed by atoms with E-state index in [9.17, 15) is 0 Å². The third-order valence-corrected chi connectivity index (χ3v) is 4.41. The zero-order valence-electron chi connectivity index (χ0n) is 7.89. The van der Waals surface area contributed by atoms with Gasteiger partial charge in [-0.3, -0.25) is 0 Å². The molecule has 0 atom stereocenters. The second kappa shape index (κ2) is 4.37. The fraction of sp³-hybridized carbons (Fsp3) is 0.222. The van der Waals surface area contributed by atoms with Gasteiger partial charge in [0.1, 0.15) is 0 Å². The van der Waals surface area contributed by atoms with Gasteiger partial charge < -0.3 is 0 Å². The van der Waals surface area contributed by atoms with E-state index in [1.165, 1.54) is 4.59 Å². The number of pyridine rings is 1. The van der Waals surface area contributed by atoms with Crippen molar-refractivity contribution >= 4 is 50.3 Å². The van der Waals surface area contributed by atoms with Crippen LogP contribution in [0.4, 0.5) is 0 Å². The summed E-state index contributed by atoms with van der Waals surface area (Å²) >= 11 is 0.760. The van der Waals surface area contributed by atoms with E-state index in [0.717, 1.165) is 15.8 Å². The van der Waals surface area contributed by atoms with Crippen molar-refractivity contribution in [1.29, 1.82) is 0 Å². The van der Waals surface area contributed by atoms with Crippen molar-refractivity contribution in [2.45, 2.75) is 11.6 Å². The molecule has 2 aromatic rings. The third kappa shape index (κ3) is 1.82. The third-order valence-electron chi connectivity index (χ3n) is 1.79. The van der Waals surface area contributed by atoms with E-state index in [-0.39, 0.29) is 0 Å². The summed E-state index contributed by atoms with van der Waals surface area (Å²) in [6.07, 6.45) is 1.79. The zero-order valence-corrected chi connectivity index (χ0v) is 11.3. The van der Waals surface area contributed by atoms with Gasteiger partial charge in [-0.15, -0.1) is 0 Å². The molecule has 0 saturated heterocycles. The SMILES string of the molecule is C[Se]c1nc([Se]C)c2cccnc2n1. The van der Waals surface area contributed by atoms with Crippen molar-refractivity contribution in [3.63, 3.8) is 0 Å². The standard InChI is InChI=1S/C9H9N3Se2/c1-13-8-6-4-3-5-10-7(6)11-9(12-8)14-2/h3-5H,1-2H3. The predicted molar refractivity (Wildman–Crippen MR) is 59.8 cm³/mol. The Kier molecular flexibility index (Phi) is 3.14. The Bertz CT molecular complexity index is 459. The van der Waals surface area contributed by atoms with E-state index in [1.54, 1.807) is 6.20 Å². The molecule has 2 rings (SSSR count). The molecule has 0 aromatic carbocycles. The topological polar surface area (TPSA) is 38.7 Å². The molecule has 0 aliphatic heterocycles. The van der Waals surface area contributed by atoms with Gasteiger partial charge in [0.2, 0.25) is 0 Å². The Hall–Kier alpha value is -0.471. The zero-order chi connectivity index (χ0) is 9.97. The molecular weight excluding hydrogens is 308 g/mol. The van der Waals surface area contributed by atoms with Crippen molar-refractivity contribution < 1.29 is 0 Å². The quantitative estimate of drug-likeness (QED) is 0.719. The van der Waals surface area contributed by atoms with Gasteiger partial charge in [-0.25, -0.2) is 0 Å². The molecule has 5 heteroatoms. The van der Waals surface area contributed by atoms with Crippen LogP contribution in [0.15, 0.2) is 18.3 Å². The van der Waals surface area contributed by atoms with Crippen LogP contribution in [0.5, 0.6) is 0 Å². The average Bonchev–Trinajstić information content (AvgIpc) is 2.27. The average molecular weight is 317 g/mol. The summed E-state index contributed by atoms with van der Waals surface area (Å²) in [5, 5.41) is 1.11. The Morgan fingerprint density at radius 2 is 2.00 bits per heavy atom. The number of hydrogen-bond donors (Lipinski definition) is 0. The van der Waals surface area contributed by atoms with E-state index in [4.69, 9.17) is 0 Å². The predicted octanol–water partition coefficient (Wildman–Crippen LogP) is -0.220. The van der Waals surface area contributed by atoms with Crippen LogP contribution in [-0.4, -0.2) is 44.9 Å². The van der Waals surface area contributed by atoms with Crippen molar-refractivity contribution in [3.8, 4) is 0 Å². The van der Waals surface area contributed by atoms with Crippen LogP contribution in [0.2, 0.25) is 11.6 Å². The van der Waals surface area contributed by atoms with Gasteiger partial charge in [-0.05, 0) is 0 Å². The molecule has 72 valence electrons. The summed E-state index contributed by atoms with van der Waals surface area (Å²) in [5.74, 6) is 4.30. The van der Waals surface area contributed by atoms with Gasteiger partial charge in [0.05, 0.1) is 0 Å². The van der Waals surface area contributed by atoms with Gasteiger partial charge in [-0.1, -0.05) is 0 Å². The second-order valence-corrected chi connectivity index (χ2v) is 5.88. The number of aromatic nitrogens is 3. The van der Waals surface area contributed by atoms with Crippen molar-refractivity contribution in [1.82, 2.24) is 15.0 Å². The fourth-order valence-corrected chi connectivity index (χ4v) is 3.38. The molecule has 14 heavy (non-hydrogen) atoms. The summed E-state index contributed by atoms with van der Waals surface area (Å²) in [6.45, 7) is 0. The van der Waals surface area contributed by atoms with Crippen molar-refractivity contribution in [2.75, 3.05) is 0 Å². The van der Waals surface area contributed by atoms with Crippen LogP contribution < -0.4 is 9.32 Å². The first-order valence-electron chi connectivity index (χ1n) is 4.06. The summed E-state index contributed by atoms with van der Waals surface area (Å²) < 4.78 is 2.14. The number of hydrogen-bond acceptors (Lipinski definition) is 3. The first-order chi connectivity index (χ1) is 6.85. The molecule has 0 aliphatic carbocycles. The monoisotopic (exact) mass is 319 g/mol. The molecule has 3 nitrogen and oxygen atoms in total. The Balaban J connectivity index is 2.73. The summed E-state index contributed by atoms with van der Waals surface area (Å²) in [6, 6.07) is 3.99. The van der Waals surface area contributed by atoms with Gasteiger partial charge in [-0.2, -0.15) is 0 Å². The minimum absolute atomic E-state index is 0.353. The van der Waals surface area contributed by atoms with Crippen molar-refractivity contribution in [3.05, 3.63) is 18.3 Å². The van der Waals surface area contributed by atoms with E-state index in [1.807, 2.05) is 6.07 Å². The molecule has 0 spiro atoms. The molecule has 0 fully saturated rings. The first-order valence-corrected chi connectivity index (χ1v) is 9.20. The van der Waals surface area contributed by atoms with Crippen LogP contribution in [0, 0.1) is 0 Å². The van der Waals surface area contributed by atoms with E-state index < -0.39 is 0 Å². The molecule has 2 aromatic heterocycles. The first kappa shape index (κ1) is 10.1. The van der Waals surface area contributed by atoms with Crippen LogP contribution in [0.1, 0.15) is 0 Å². The van der Waals surface area contributed by atoms with Gasteiger partial charge >= 0.3 is 95.2 Å². The molecule has 0 N–H and O–H groups in total. The molecule has 2 heterocycles. The maximum absolute atomic E-state index is 4.54. The molecule has 0 saturated carbocycles. The summed E-state index contributed by atoms with van der Waals surface area (Å²) in [5.41, 5.74) is 0.847. The normalized spacial score (nSPS) is 10.7. The van der Waals surface area contributed by atoms with E-state index in [2.05, 4.69) is 32.7 Å². The molecule has 0 unspecified atom stereocenters. The van der Waals surface area contributed by atoms with Gasteiger partial charge in [0.15, 0.2) is 0 Å². The molecule has 0 amide bonds. The summed E-state index contributed by atoms with van der Waals surface area (Å²) in [7, 11) is 0. The van der Waals surface area contributed by atoms with Gasteiger partial charge in [0.25, 0.3) is 0 Å².